The highest BCUT2D eigenvalue weighted by molar-refractivity contribution is 6.03. The second-order valence-electron chi connectivity index (χ2n) is 7.26. The number of rotatable bonds is 2. The van der Waals surface area contributed by atoms with Crippen molar-refractivity contribution in [2.45, 2.75) is 51.6 Å². The van der Waals surface area contributed by atoms with Crippen molar-refractivity contribution in [2.24, 2.45) is 0 Å². The van der Waals surface area contributed by atoms with E-state index in [1.54, 1.807) is 39.8 Å². The van der Waals surface area contributed by atoms with Crippen molar-refractivity contribution in [1.82, 2.24) is 4.57 Å². The highest BCUT2D eigenvalue weighted by Gasteiger charge is 2.58. The van der Waals surface area contributed by atoms with E-state index >= 15 is 0 Å². The summed E-state index contributed by atoms with van der Waals surface area (Å²) in [5.41, 5.74) is 1.08. The monoisotopic (exact) mass is 335 g/mol. The topological polar surface area (TPSA) is 48.3 Å². The van der Waals surface area contributed by atoms with E-state index in [4.69, 9.17) is 4.74 Å². The van der Waals surface area contributed by atoms with Gasteiger partial charge < -0.3 is 4.74 Å². The second-order valence-corrected chi connectivity index (χ2v) is 7.26. The van der Waals surface area contributed by atoms with Crippen LogP contribution in [0.25, 0.3) is 10.9 Å². The fourth-order valence-electron chi connectivity index (χ4n) is 3.02. The van der Waals surface area contributed by atoms with Crippen LogP contribution in [0, 0.1) is 6.92 Å². The average molecular weight is 335 g/mol. The van der Waals surface area contributed by atoms with Crippen LogP contribution < -0.4 is 0 Å². The highest BCUT2D eigenvalue weighted by atomic mass is 19.3. The first-order chi connectivity index (χ1) is 11.0. The van der Waals surface area contributed by atoms with Gasteiger partial charge in [0.1, 0.15) is 5.60 Å². The van der Waals surface area contributed by atoms with E-state index in [9.17, 15) is 18.4 Å². The second kappa shape index (κ2) is 5.13. The summed E-state index contributed by atoms with van der Waals surface area (Å²) in [4.78, 5) is 23.9. The van der Waals surface area contributed by atoms with Gasteiger partial charge in [-0.3, -0.25) is 9.36 Å². The predicted octanol–water partition coefficient (Wildman–Crippen LogP) is 4.67. The summed E-state index contributed by atoms with van der Waals surface area (Å²) in [6.07, 6.45) is 1.28. The quantitative estimate of drug-likeness (QED) is 0.750. The molecule has 0 bridgehead atoms. The number of carbonyl (C=O) groups is 2. The van der Waals surface area contributed by atoms with Crippen LogP contribution in [0.15, 0.2) is 18.3 Å². The van der Waals surface area contributed by atoms with Gasteiger partial charge in [-0.25, -0.2) is 13.6 Å². The number of aldehydes is 1. The molecule has 1 aliphatic carbocycles. The van der Waals surface area contributed by atoms with Crippen LogP contribution in [0.1, 0.15) is 54.6 Å². The molecule has 128 valence electrons. The lowest BCUT2D eigenvalue weighted by Gasteiger charge is -2.20. The minimum absolute atomic E-state index is 0.222. The van der Waals surface area contributed by atoms with Gasteiger partial charge in [0.2, 0.25) is 0 Å². The molecule has 1 atom stereocenters. The lowest BCUT2D eigenvalue weighted by molar-refractivity contribution is 0.0544. The lowest BCUT2D eigenvalue weighted by atomic mass is 9.97. The van der Waals surface area contributed by atoms with E-state index in [1.807, 2.05) is 0 Å². The SMILES string of the molecule is Cc1cc([C@H]2CC2(F)F)c(C=O)c2ccn(C(=O)OC(C)(C)C)c12. The van der Waals surface area contributed by atoms with Crippen molar-refractivity contribution in [3.8, 4) is 0 Å². The molecule has 1 aromatic heterocycles. The van der Waals surface area contributed by atoms with E-state index in [-0.39, 0.29) is 12.0 Å². The largest absolute Gasteiger partial charge is 0.443 e. The minimum atomic E-state index is -2.76. The third-order valence-corrected chi connectivity index (χ3v) is 4.14. The maximum absolute atomic E-state index is 13.5. The number of fused-ring (bicyclic) bond motifs is 1. The van der Waals surface area contributed by atoms with Gasteiger partial charge in [0.15, 0.2) is 6.29 Å². The lowest BCUT2D eigenvalue weighted by Crippen LogP contribution is -2.26. The van der Waals surface area contributed by atoms with Crippen molar-refractivity contribution < 1.29 is 23.1 Å². The molecule has 1 fully saturated rings. The zero-order valence-electron chi connectivity index (χ0n) is 14.0. The molecular formula is C18H19F2NO3. The Hall–Kier alpha value is -2.24. The normalized spacial score (nSPS) is 19.3. The van der Waals surface area contributed by atoms with Crippen LogP contribution in [-0.4, -0.2) is 28.5 Å². The third kappa shape index (κ3) is 2.70. The van der Waals surface area contributed by atoms with E-state index < -0.39 is 23.5 Å². The number of aryl methyl sites for hydroxylation is 1. The molecule has 24 heavy (non-hydrogen) atoms. The Morgan fingerprint density at radius 3 is 2.54 bits per heavy atom. The van der Waals surface area contributed by atoms with E-state index in [2.05, 4.69) is 0 Å². The zero-order valence-corrected chi connectivity index (χ0v) is 14.0. The molecule has 1 heterocycles. The molecule has 0 N–H and O–H groups in total. The minimum Gasteiger partial charge on any atom is -0.443 e. The maximum atomic E-state index is 13.5. The maximum Gasteiger partial charge on any atom is 0.419 e. The van der Waals surface area contributed by atoms with Crippen LogP contribution >= 0.6 is 0 Å². The molecule has 4 nitrogen and oxygen atoms in total. The molecule has 0 spiro atoms. The summed E-state index contributed by atoms with van der Waals surface area (Å²) < 4.78 is 33.6. The third-order valence-electron chi connectivity index (χ3n) is 4.14. The van der Waals surface area contributed by atoms with Crippen molar-refractivity contribution in [1.29, 1.82) is 0 Å². The molecule has 1 aliphatic rings. The molecule has 2 aromatic rings. The summed E-state index contributed by atoms with van der Waals surface area (Å²) in [5.74, 6) is -3.68. The Morgan fingerprint density at radius 1 is 1.42 bits per heavy atom. The van der Waals surface area contributed by atoms with Crippen molar-refractivity contribution in [3.63, 3.8) is 0 Å². The number of ether oxygens (including phenoxy) is 1. The average Bonchev–Trinajstić information content (AvgIpc) is 2.89. The summed E-state index contributed by atoms with van der Waals surface area (Å²) in [7, 11) is 0. The number of hydrogen-bond acceptors (Lipinski definition) is 3. The Bertz CT molecular complexity index is 846. The summed E-state index contributed by atoms with van der Waals surface area (Å²) in [6, 6.07) is 3.18. The number of alkyl halides is 2. The molecule has 0 amide bonds. The molecule has 0 radical (unpaired) electrons. The van der Waals surface area contributed by atoms with Crippen molar-refractivity contribution >= 4 is 23.3 Å². The van der Waals surface area contributed by atoms with E-state index in [0.29, 0.717) is 28.3 Å². The van der Waals surface area contributed by atoms with Crippen LogP contribution in [0.4, 0.5) is 13.6 Å². The summed E-state index contributed by atoms with van der Waals surface area (Å²) in [6.45, 7) is 7.01. The van der Waals surface area contributed by atoms with Crippen LogP contribution in [-0.2, 0) is 4.74 Å². The summed E-state index contributed by atoms with van der Waals surface area (Å²) >= 11 is 0. The highest BCUT2D eigenvalue weighted by Crippen LogP contribution is 2.57. The Balaban J connectivity index is 2.14. The van der Waals surface area contributed by atoms with Crippen LogP contribution in [0.5, 0.6) is 0 Å². The number of carbonyl (C=O) groups excluding carboxylic acids is 2. The molecule has 6 heteroatoms. The molecule has 0 saturated heterocycles. The summed E-state index contributed by atoms with van der Waals surface area (Å²) in [5, 5.41) is 0.494. The Labute approximate surface area is 138 Å². The van der Waals surface area contributed by atoms with Gasteiger partial charge in [0.05, 0.1) is 11.4 Å². The number of halogens is 2. The Kier molecular flexibility index (Phi) is 3.55. The van der Waals surface area contributed by atoms with Crippen LogP contribution in [0.3, 0.4) is 0 Å². The van der Waals surface area contributed by atoms with Crippen LogP contribution in [0.2, 0.25) is 0 Å². The van der Waals surface area contributed by atoms with Gasteiger partial charge in [0.25, 0.3) is 5.92 Å². The Morgan fingerprint density at radius 2 is 2.04 bits per heavy atom. The number of aromatic nitrogens is 1. The fraction of sp³-hybridized carbons (Fsp3) is 0.444. The number of benzene rings is 1. The number of nitrogens with zero attached hydrogens (tertiary/aromatic N) is 1. The first-order valence-electron chi connectivity index (χ1n) is 7.76. The molecule has 1 aromatic carbocycles. The first kappa shape index (κ1) is 16.6. The molecule has 0 unspecified atom stereocenters. The van der Waals surface area contributed by atoms with Gasteiger partial charge in [-0.2, -0.15) is 0 Å². The first-order valence-corrected chi connectivity index (χ1v) is 7.76. The molecule has 3 rings (SSSR count). The molecule has 1 saturated carbocycles. The molecule has 0 aliphatic heterocycles. The van der Waals surface area contributed by atoms with E-state index in [0.717, 1.165) is 0 Å². The van der Waals surface area contributed by atoms with Gasteiger partial charge in [-0.05, 0) is 44.9 Å². The van der Waals surface area contributed by atoms with Gasteiger partial charge >= 0.3 is 6.09 Å². The standard InChI is InChI=1S/C18H19F2NO3/c1-10-7-12(14-8-18(14,19)20)13(9-22)11-5-6-21(15(10)11)16(23)24-17(2,3)4/h5-7,9,14H,8H2,1-4H3/t14-/m1/s1. The predicted molar refractivity (Wildman–Crippen MR) is 86.0 cm³/mol. The van der Waals surface area contributed by atoms with Gasteiger partial charge in [-0.15, -0.1) is 0 Å². The van der Waals surface area contributed by atoms with Gasteiger partial charge in [0, 0.05) is 23.6 Å². The van der Waals surface area contributed by atoms with Crippen molar-refractivity contribution in [3.05, 3.63) is 35.0 Å². The smallest absolute Gasteiger partial charge is 0.419 e. The van der Waals surface area contributed by atoms with E-state index in [1.165, 1.54) is 10.8 Å². The zero-order chi connectivity index (χ0) is 17.9. The van der Waals surface area contributed by atoms with Gasteiger partial charge in [-0.1, -0.05) is 6.07 Å². The van der Waals surface area contributed by atoms with Crippen molar-refractivity contribution in [2.75, 3.05) is 0 Å². The molecular weight excluding hydrogens is 316 g/mol. The number of hydrogen-bond donors (Lipinski definition) is 0. The fourth-order valence-corrected chi connectivity index (χ4v) is 3.02.